The van der Waals surface area contributed by atoms with E-state index in [1.165, 1.54) is 6.07 Å². The van der Waals surface area contributed by atoms with E-state index in [4.69, 9.17) is 0 Å². The lowest BCUT2D eigenvalue weighted by atomic mass is 10.2. The highest BCUT2D eigenvalue weighted by Gasteiger charge is 2.14. The molecule has 0 atom stereocenters. The number of carbonyl (C=O) groups excluding carboxylic acids is 1. The van der Waals surface area contributed by atoms with Crippen LogP contribution >= 0.6 is 0 Å². The topological polar surface area (TPSA) is 23.6 Å². The molecule has 1 aromatic carbocycles. The Labute approximate surface area is 121 Å². The number of amides is 1. The van der Waals surface area contributed by atoms with Crippen LogP contribution < -0.4 is 0 Å². The van der Waals surface area contributed by atoms with E-state index in [2.05, 4.69) is 13.8 Å². The monoisotopic (exact) mass is 280 g/mol. The highest BCUT2D eigenvalue weighted by atomic mass is 19.1. The first-order valence-electron chi connectivity index (χ1n) is 7.28. The lowest BCUT2D eigenvalue weighted by Crippen LogP contribution is -2.39. The fourth-order valence-corrected chi connectivity index (χ4v) is 2.21. The molecule has 0 aromatic heterocycles. The van der Waals surface area contributed by atoms with Gasteiger partial charge < -0.3 is 4.90 Å². The van der Waals surface area contributed by atoms with Crippen molar-refractivity contribution in [2.45, 2.75) is 33.2 Å². The van der Waals surface area contributed by atoms with E-state index in [0.29, 0.717) is 18.7 Å². The number of halogens is 1. The third-order valence-electron chi connectivity index (χ3n) is 3.14. The lowest BCUT2D eigenvalue weighted by Gasteiger charge is -2.25. The van der Waals surface area contributed by atoms with Crippen LogP contribution in [0.15, 0.2) is 24.3 Å². The summed E-state index contributed by atoms with van der Waals surface area (Å²) in [4.78, 5) is 15.9. The van der Waals surface area contributed by atoms with Crippen LogP contribution in [0.1, 0.15) is 32.3 Å². The van der Waals surface area contributed by atoms with Crippen molar-refractivity contribution in [1.82, 2.24) is 9.80 Å². The molecule has 0 fully saturated rings. The Morgan fingerprint density at radius 2 is 1.75 bits per heavy atom. The highest BCUT2D eigenvalue weighted by molar-refractivity contribution is 5.78. The van der Waals surface area contributed by atoms with Gasteiger partial charge in [-0.15, -0.1) is 0 Å². The average Bonchev–Trinajstić information content (AvgIpc) is 2.41. The molecule has 0 aliphatic heterocycles. The lowest BCUT2D eigenvalue weighted by molar-refractivity contribution is -0.132. The van der Waals surface area contributed by atoms with E-state index in [0.717, 1.165) is 25.9 Å². The largest absolute Gasteiger partial charge is 0.342 e. The van der Waals surface area contributed by atoms with Gasteiger partial charge in [0.15, 0.2) is 0 Å². The summed E-state index contributed by atoms with van der Waals surface area (Å²) < 4.78 is 13.6. The standard InChI is InChI=1S/C16H25FN2O/c1-4-10-19(11-5-2)16(20)13-18(3)12-14-8-6-7-9-15(14)17/h6-9H,4-5,10-13H2,1-3H3. The van der Waals surface area contributed by atoms with E-state index >= 15 is 0 Å². The molecule has 1 aromatic rings. The molecule has 0 aliphatic carbocycles. The second-order valence-electron chi connectivity index (χ2n) is 5.14. The van der Waals surface area contributed by atoms with E-state index < -0.39 is 0 Å². The molecule has 1 amide bonds. The number of likely N-dealkylation sites (N-methyl/N-ethyl adjacent to an activating group) is 1. The third-order valence-corrected chi connectivity index (χ3v) is 3.14. The molecule has 0 heterocycles. The molecule has 0 aliphatic rings. The van der Waals surface area contributed by atoms with Crippen LogP contribution in [-0.2, 0) is 11.3 Å². The Bertz CT molecular complexity index is 417. The van der Waals surface area contributed by atoms with Crippen molar-refractivity contribution in [2.75, 3.05) is 26.7 Å². The van der Waals surface area contributed by atoms with E-state index in [1.807, 2.05) is 22.9 Å². The van der Waals surface area contributed by atoms with Crippen LogP contribution in [0, 0.1) is 5.82 Å². The van der Waals surface area contributed by atoms with E-state index in [9.17, 15) is 9.18 Å². The molecule has 0 N–H and O–H groups in total. The number of rotatable bonds is 8. The van der Waals surface area contributed by atoms with Crippen molar-refractivity contribution < 1.29 is 9.18 Å². The fourth-order valence-electron chi connectivity index (χ4n) is 2.21. The Kier molecular flexibility index (Phi) is 7.23. The molecule has 0 saturated carbocycles. The fraction of sp³-hybridized carbons (Fsp3) is 0.562. The van der Waals surface area contributed by atoms with Gasteiger partial charge in [0.25, 0.3) is 0 Å². The predicted molar refractivity (Wildman–Crippen MR) is 79.9 cm³/mol. The zero-order valence-electron chi connectivity index (χ0n) is 12.7. The first-order chi connectivity index (χ1) is 9.58. The second kappa shape index (κ2) is 8.69. The highest BCUT2D eigenvalue weighted by Crippen LogP contribution is 2.09. The number of hydrogen-bond acceptors (Lipinski definition) is 2. The SMILES string of the molecule is CCCN(CCC)C(=O)CN(C)Cc1ccccc1F. The van der Waals surface area contributed by atoms with Gasteiger partial charge in [-0.3, -0.25) is 9.69 Å². The predicted octanol–water partition coefficient (Wildman–Crippen LogP) is 2.91. The van der Waals surface area contributed by atoms with Crippen molar-refractivity contribution >= 4 is 5.91 Å². The summed E-state index contributed by atoms with van der Waals surface area (Å²) in [6, 6.07) is 6.69. The summed E-state index contributed by atoms with van der Waals surface area (Å²) in [6.07, 6.45) is 1.92. The minimum absolute atomic E-state index is 0.118. The average molecular weight is 280 g/mol. The molecule has 0 spiro atoms. The van der Waals surface area contributed by atoms with Crippen LogP contribution in [0.5, 0.6) is 0 Å². The number of carbonyl (C=O) groups is 1. The van der Waals surface area contributed by atoms with Gasteiger partial charge in [-0.25, -0.2) is 4.39 Å². The van der Waals surface area contributed by atoms with Crippen molar-refractivity contribution in [3.8, 4) is 0 Å². The maximum absolute atomic E-state index is 13.6. The van der Waals surface area contributed by atoms with Crippen molar-refractivity contribution in [3.05, 3.63) is 35.6 Å². The van der Waals surface area contributed by atoms with Crippen LogP contribution in [0.3, 0.4) is 0 Å². The molecule has 1 rings (SSSR count). The number of nitrogens with zero attached hydrogens (tertiary/aromatic N) is 2. The van der Waals surface area contributed by atoms with Gasteiger partial charge in [-0.05, 0) is 26.0 Å². The zero-order chi connectivity index (χ0) is 15.0. The second-order valence-corrected chi connectivity index (χ2v) is 5.14. The molecular weight excluding hydrogens is 255 g/mol. The summed E-state index contributed by atoms with van der Waals surface area (Å²) in [7, 11) is 1.85. The van der Waals surface area contributed by atoms with Gasteiger partial charge in [0, 0.05) is 25.2 Å². The minimum atomic E-state index is -0.217. The number of benzene rings is 1. The summed E-state index contributed by atoms with van der Waals surface area (Å²) in [5.74, 6) is -0.0988. The van der Waals surface area contributed by atoms with Crippen LogP contribution in [0.25, 0.3) is 0 Å². The Morgan fingerprint density at radius 1 is 1.15 bits per heavy atom. The van der Waals surface area contributed by atoms with Crippen LogP contribution in [-0.4, -0.2) is 42.4 Å². The summed E-state index contributed by atoms with van der Waals surface area (Å²) in [6.45, 7) is 6.50. The number of hydrogen-bond donors (Lipinski definition) is 0. The first kappa shape index (κ1) is 16.6. The molecule has 0 radical (unpaired) electrons. The maximum atomic E-state index is 13.6. The Morgan fingerprint density at radius 3 is 2.30 bits per heavy atom. The maximum Gasteiger partial charge on any atom is 0.236 e. The van der Waals surface area contributed by atoms with Crippen molar-refractivity contribution in [3.63, 3.8) is 0 Å². The van der Waals surface area contributed by atoms with Gasteiger partial charge in [0.1, 0.15) is 5.82 Å². The minimum Gasteiger partial charge on any atom is -0.342 e. The van der Waals surface area contributed by atoms with Gasteiger partial charge in [0.05, 0.1) is 6.54 Å². The molecule has 4 heteroatoms. The zero-order valence-corrected chi connectivity index (χ0v) is 12.7. The van der Waals surface area contributed by atoms with E-state index in [-0.39, 0.29) is 11.7 Å². The molecule has 0 bridgehead atoms. The third kappa shape index (κ3) is 5.29. The summed E-state index contributed by atoms with van der Waals surface area (Å²) >= 11 is 0. The first-order valence-corrected chi connectivity index (χ1v) is 7.28. The molecular formula is C16H25FN2O. The Hall–Kier alpha value is -1.42. The van der Waals surface area contributed by atoms with Gasteiger partial charge in [-0.2, -0.15) is 0 Å². The van der Waals surface area contributed by atoms with Crippen LogP contribution in [0.2, 0.25) is 0 Å². The molecule has 112 valence electrons. The van der Waals surface area contributed by atoms with Gasteiger partial charge in [-0.1, -0.05) is 32.0 Å². The van der Waals surface area contributed by atoms with Gasteiger partial charge >= 0.3 is 0 Å². The normalized spacial score (nSPS) is 10.8. The molecule has 3 nitrogen and oxygen atoms in total. The van der Waals surface area contributed by atoms with Crippen molar-refractivity contribution in [1.29, 1.82) is 0 Å². The quantitative estimate of drug-likeness (QED) is 0.731. The van der Waals surface area contributed by atoms with Crippen molar-refractivity contribution in [2.24, 2.45) is 0 Å². The van der Waals surface area contributed by atoms with E-state index in [1.54, 1.807) is 12.1 Å². The molecule has 0 saturated heterocycles. The Balaban J connectivity index is 2.54. The molecule has 20 heavy (non-hydrogen) atoms. The smallest absolute Gasteiger partial charge is 0.236 e. The summed E-state index contributed by atoms with van der Waals surface area (Å²) in [5.41, 5.74) is 0.625. The van der Waals surface area contributed by atoms with Gasteiger partial charge in [0.2, 0.25) is 5.91 Å². The molecule has 0 unspecified atom stereocenters. The summed E-state index contributed by atoms with van der Waals surface area (Å²) in [5, 5.41) is 0. The van der Waals surface area contributed by atoms with Crippen LogP contribution in [0.4, 0.5) is 4.39 Å².